The minimum Gasteiger partial charge on any atom is -0.378 e. The van der Waals surface area contributed by atoms with Gasteiger partial charge in [-0.05, 0) is 70.6 Å². The lowest BCUT2D eigenvalue weighted by atomic mass is 9.84. The Balaban J connectivity index is 1.77. The molecule has 0 aromatic heterocycles. The van der Waals surface area contributed by atoms with Crippen molar-refractivity contribution in [3.05, 3.63) is 28.3 Å². The molecule has 0 saturated carbocycles. The normalized spacial score (nSPS) is 28.7. The number of amides is 2. The average molecular weight is 450 g/mol. The number of hydrogen-bond acceptors (Lipinski definition) is 4. The summed E-state index contributed by atoms with van der Waals surface area (Å²) >= 11 is 6.45. The van der Waals surface area contributed by atoms with Crippen LogP contribution in [0.15, 0.2) is 12.1 Å². The first-order chi connectivity index (χ1) is 14.7. The molecule has 0 radical (unpaired) electrons. The number of benzene rings is 1. The maximum Gasteiger partial charge on any atom is 0.251 e. The van der Waals surface area contributed by atoms with Crippen molar-refractivity contribution in [3.8, 4) is 0 Å². The van der Waals surface area contributed by atoms with Gasteiger partial charge in [-0.25, -0.2) is 0 Å². The maximum absolute atomic E-state index is 13.1. The third-order valence-electron chi connectivity index (χ3n) is 6.76. The minimum atomic E-state index is -0.213. The highest BCUT2D eigenvalue weighted by Gasteiger charge is 2.33. The first kappa shape index (κ1) is 23.9. The highest BCUT2D eigenvalue weighted by Crippen LogP contribution is 2.32. The smallest absolute Gasteiger partial charge is 0.251 e. The summed E-state index contributed by atoms with van der Waals surface area (Å²) in [6.45, 7) is 12.2. The number of rotatable bonds is 6. The molecule has 0 aliphatic carbocycles. The summed E-state index contributed by atoms with van der Waals surface area (Å²) in [5.41, 5.74) is 2.48. The van der Waals surface area contributed by atoms with Crippen LogP contribution in [0.5, 0.6) is 0 Å². The monoisotopic (exact) mass is 449 g/mol. The topological polar surface area (TPSA) is 70.7 Å². The number of halogens is 1. The lowest BCUT2D eigenvalue weighted by Crippen LogP contribution is -2.50. The largest absolute Gasteiger partial charge is 0.378 e. The molecule has 1 aromatic carbocycles. The molecule has 7 heteroatoms. The van der Waals surface area contributed by atoms with Crippen LogP contribution in [0.1, 0.15) is 62.9 Å². The van der Waals surface area contributed by atoms with Crippen LogP contribution >= 0.6 is 11.6 Å². The zero-order valence-electron chi connectivity index (χ0n) is 19.3. The van der Waals surface area contributed by atoms with Gasteiger partial charge in [0.25, 0.3) is 5.91 Å². The summed E-state index contributed by atoms with van der Waals surface area (Å²) < 4.78 is 5.72. The zero-order valence-corrected chi connectivity index (χ0v) is 20.1. The predicted molar refractivity (Wildman–Crippen MR) is 125 cm³/mol. The molecule has 2 N–H and O–H groups in total. The van der Waals surface area contributed by atoms with Gasteiger partial charge in [0.05, 0.1) is 12.0 Å². The second-order valence-corrected chi connectivity index (χ2v) is 9.62. The van der Waals surface area contributed by atoms with E-state index in [0.29, 0.717) is 23.2 Å². The molecule has 0 spiro atoms. The molecule has 31 heavy (non-hydrogen) atoms. The number of anilines is 1. The second kappa shape index (κ2) is 10.2. The molecule has 5 atom stereocenters. The lowest BCUT2D eigenvalue weighted by molar-refractivity contribution is -0.129. The van der Waals surface area contributed by atoms with E-state index in [4.69, 9.17) is 16.3 Å². The van der Waals surface area contributed by atoms with E-state index < -0.39 is 0 Å². The fraction of sp³-hybridized carbons (Fsp3) is 0.667. The van der Waals surface area contributed by atoms with Gasteiger partial charge in [-0.3, -0.25) is 9.59 Å². The van der Waals surface area contributed by atoms with Gasteiger partial charge in [-0.1, -0.05) is 18.5 Å². The summed E-state index contributed by atoms with van der Waals surface area (Å²) in [6, 6.07) is 4.22. The van der Waals surface area contributed by atoms with Crippen LogP contribution in [0, 0.1) is 18.8 Å². The van der Waals surface area contributed by atoms with E-state index in [2.05, 4.69) is 36.3 Å². The molecule has 172 valence electrons. The molecule has 3 unspecified atom stereocenters. The molecule has 3 rings (SSSR count). The van der Waals surface area contributed by atoms with Crippen molar-refractivity contribution in [2.24, 2.45) is 11.8 Å². The third-order valence-corrected chi connectivity index (χ3v) is 6.98. The van der Waals surface area contributed by atoms with Gasteiger partial charge >= 0.3 is 0 Å². The van der Waals surface area contributed by atoms with E-state index >= 15 is 0 Å². The van der Waals surface area contributed by atoms with Crippen LogP contribution in [0.4, 0.5) is 5.69 Å². The number of carbonyl (C=O) groups is 2. The Hall–Kier alpha value is -1.79. The van der Waals surface area contributed by atoms with E-state index in [1.165, 1.54) is 0 Å². The zero-order chi connectivity index (χ0) is 22.7. The molecule has 2 heterocycles. The molecule has 2 saturated heterocycles. The van der Waals surface area contributed by atoms with Crippen LogP contribution in [-0.4, -0.2) is 49.7 Å². The number of piperidine rings is 1. The van der Waals surface area contributed by atoms with Gasteiger partial charge in [0.2, 0.25) is 5.91 Å². The number of ether oxygens (including phenoxy) is 1. The number of nitrogens with zero attached hydrogens (tertiary/aromatic N) is 1. The lowest BCUT2D eigenvalue weighted by Gasteiger charge is -2.38. The molecule has 1 aromatic rings. The Morgan fingerprint density at radius 2 is 2.03 bits per heavy atom. The van der Waals surface area contributed by atoms with Crippen molar-refractivity contribution in [2.45, 2.75) is 72.1 Å². The number of carbonyl (C=O) groups excluding carboxylic acids is 2. The highest BCUT2D eigenvalue weighted by atomic mass is 35.5. The Morgan fingerprint density at radius 1 is 1.29 bits per heavy atom. The third kappa shape index (κ3) is 5.53. The van der Waals surface area contributed by atoms with Crippen molar-refractivity contribution in [1.29, 1.82) is 0 Å². The van der Waals surface area contributed by atoms with Crippen molar-refractivity contribution in [1.82, 2.24) is 10.6 Å². The predicted octanol–water partition coefficient (Wildman–Crippen LogP) is 3.93. The van der Waals surface area contributed by atoms with Gasteiger partial charge in [0, 0.05) is 48.1 Å². The van der Waals surface area contributed by atoms with E-state index in [0.717, 1.165) is 43.7 Å². The van der Waals surface area contributed by atoms with Crippen LogP contribution in [0.2, 0.25) is 5.02 Å². The quantitative estimate of drug-likeness (QED) is 0.690. The van der Waals surface area contributed by atoms with Crippen LogP contribution in [0.3, 0.4) is 0 Å². The summed E-state index contributed by atoms with van der Waals surface area (Å²) in [6.07, 6.45) is 3.05. The van der Waals surface area contributed by atoms with Crippen molar-refractivity contribution < 1.29 is 14.3 Å². The Morgan fingerprint density at radius 3 is 2.68 bits per heavy atom. The van der Waals surface area contributed by atoms with Crippen LogP contribution in [-0.2, 0) is 9.53 Å². The van der Waals surface area contributed by atoms with Crippen molar-refractivity contribution >= 4 is 29.1 Å². The molecule has 0 bridgehead atoms. The summed E-state index contributed by atoms with van der Waals surface area (Å²) in [5, 5.41) is 6.52. The van der Waals surface area contributed by atoms with E-state index in [1.54, 1.807) is 6.07 Å². The van der Waals surface area contributed by atoms with E-state index in [-0.39, 0.29) is 35.8 Å². The number of hydrogen-bond donors (Lipinski definition) is 2. The SMILES string of the molecule is CCN(c1cc(Cl)cc(C(=O)NCC2C(=O)NC(C)CC2C)c1C)[C@H]1CCO[C@H](C)C1. The van der Waals surface area contributed by atoms with Gasteiger partial charge < -0.3 is 20.3 Å². The molecule has 2 amide bonds. The molecule has 2 aliphatic heterocycles. The fourth-order valence-electron chi connectivity index (χ4n) is 5.06. The Bertz CT molecular complexity index is 816. The average Bonchev–Trinajstić information content (AvgIpc) is 2.70. The number of nitrogens with one attached hydrogen (secondary N) is 2. The summed E-state index contributed by atoms with van der Waals surface area (Å²) in [7, 11) is 0. The Kier molecular flexibility index (Phi) is 7.87. The highest BCUT2D eigenvalue weighted by molar-refractivity contribution is 6.31. The molecular weight excluding hydrogens is 414 g/mol. The van der Waals surface area contributed by atoms with E-state index in [9.17, 15) is 9.59 Å². The summed E-state index contributed by atoms with van der Waals surface area (Å²) in [4.78, 5) is 27.8. The molecular formula is C24H36ClN3O3. The van der Waals surface area contributed by atoms with Crippen molar-refractivity contribution in [2.75, 3.05) is 24.6 Å². The standard InChI is InChI=1S/C24H36ClN3O3/c1-6-28(19-7-8-31-16(4)10-19)22-12-18(25)11-20(17(22)5)23(29)26-13-21-14(2)9-15(3)27-24(21)30/h11-12,14-16,19,21H,6-10,13H2,1-5H3,(H,26,29)(H,27,30)/t14?,15?,16-,19+,21?/m1/s1. The van der Waals surface area contributed by atoms with E-state index in [1.807, 2.05) is 19.9 Å². The van der Waals surface area contributed by atoms with Crippen LogP contribution < -0.4 is 15.5 Å². The Labute approximate surface area is 191 Å². The molecule has 6 nitrogen and oxygen atoms in total. The minimum absolute atomic E-state index is 0.0147. The molecule has 2 aliphatic rings. The maximum atomic E-state index is 13.1. The fourth-order valence-corrected chi connectivity index (χ4v) is 5.27. The molecule has 2 fully saturated rings. The summed E-state index contributed by atoms with van der Waals surface area (Å²) in [5.74, 6) is -0.154. The van der Waals surface area contributed by atoms with Crippen LogP contribution in [0.25, 0.3) is 0 Å². The van der Waals surface area contributed by atoms with Gasteiger partial charge in [0.15, 0.2) is 0 Å². The van der Waals surface area contributed by atoms with Gasteiger partial charge in [-0.2, -0.15) is 0 Å². The first-order valence-corrected chi connectivity index (χ1v) is 11.9. The van der Waals surface area contributed by atoms with Crippen molar-refractivity contribution in [3.63, 3.8) is 0 Å². The second-order valence-electron chi connectivity index (χ2n) is 9.18. The first-order valence-electron chi connectivity index (χ1n) is 11.5. The van der Waals surface area contributed by atoms with Gasteiger partial charge in [0.1, 0.15) is 0 Å². The van der Waals surface area contributed by atoms with Gasteiger partial charge in [-0.15, -0.1) is 0 Å².